The van der Waals surface area contributed by atoms with Crippen LogP contribution in [0.2, 0.25) is 0 Å². The van der Waals surface area contributed by atoms with Crippen molar-refractivity contribution in [3.05, 3.63) is 41.9 Å². The molecule has 0 atom stereocenters. The third-order valence-corrected chi connectivity index (χ3v) is 4.76. The number of rotatable bonds is 9. The second kappa shape index (κ2) is 8.89. The van der Waals surface area contributed by atoms with Gasteiger partial charge in [0.05, 0.1) is 5.69 Å². The normalized spacial score (nSPS) is 11.2. The fourth-order valence-corrected chi connectivity index (χ4v) is 3.41. The lowest BCUT2D eigenvalue weighted by atomic mass is 10.2. The van der Waals surface area contributed by atoms with Crippen LogP contribution in [0.4, 0.5) is 0 Å². The Balaban J connectivity index is 2.07. The van der Waals surface area contributed by atoms with Crippen LogP contribution in [-0.4, -0.2) is 27.2 Å². The number of aliphatic carboxylic acids is 1. The van der Waals surface area contributed by atoms with E-state index in [0.717, 1.165) is 16.5 Å². The molecule has 0 aliphatic heterocycles. The van der Waals surface area contributed by atoms with Gasteiger partial charge in [0.25, 0.3) is 0 Å². The Hall–Kier alpha value is -1.79. The number of carboxylic acid groups (broad SMARTS) is 1. The SMILES string of the molecule is CC(C)c1nc(COCCCC(=O)O)n(C)c1Sc1ccccc1. The van der Waals surface area contributed by atoms with E-state index in [1.807, 2.05) is 25.2 Å². The van der Waals surface area contributed by atoms with Crippen molar-refractivity contribution in [2.45, 2.75) is 49.1 Å². The van der Waals surface area contributed by atoms with Gasteiger partial charge in [-0.3, -0.25) is 4.79 Å². The number of benzene rings is 1. The fraction of sp³-hybridized carbons (Fsp3) is 0.444. The van der Waals surface area contributed by atoms with Gasteiger partial charge in [-0.1, -0.05) is 43.8 Å². The maximum Gasteiger partial charge on any atom is 0.303 e. The molecule has 6 heteroatoms. The summed E-state index contributed by atoms with van der Waals surface area (Å²) < 4.78 is 7.67. The highest BCUT2D eigenvalue weighted by Crippen LogP contribution is 2.34. The molecule has 0 unspecified atom stereocenters. The first-order chi connectivity index (χ1) is 11.5. The minimum atomic E-state index is -0.792. The molecule has 0 amide bonds. The predicted molar refractivity (Wildman–Crippen MR) is 94.4 cm³/mol. The highest BCUT2D eigenvalue weighted by atomic mass is 32.2. The third-order valence-electron chi connectivity index (χ3n) is 3.58. The highest BCUT2D eigenvalue weighted by Gasteiger charge is 2.18. The number of imidazole rings is 1. The van der Waals surface area contributed by atoms with Crippen LogP contribution in [0.15, 0.2) is 40.3 Å². The Morgan fingerprint density at radius 3 is 2.67 bits per heavy atom. The van der Waals surface area contributed by atoms with Crippen LogP contribution in [-0.2, 0) is 23.2 Å². The molecule has 0 fully saturated rings. The Morgan fingerprint density at radius 1 is 1.33 bits per heavy atom. The van der Waals surface area contributed by atoms with E-state index in [1.54, 1.807) is 11.8 Å². The Labute approximate surface area is 147 Å². The van der Waals surface area contributed by atoms with Crippen LogP contribution in [0, 0.1) is 0 Å². The number of aromatic nitrogens is 2. The van der Waals surface area contributed by atoms with E-state index in [1.165, 1.54) is 4.90 Å². The monoisotopic (exact) mass is 348 g/mol. The molecule has 1 aromatic heterocycles. The van der Waals surface area contributed by atoms with Crippen molar-refractivity contribution in [3.8, 4) is 0 Å². The minimum Gasteiger partial charge on any atom is -0.481 e. The van der Waals surface area contributed by atoms with E-state index >= 15 is 0 Å². The predicted octanol–water partition coefficient (Wildman–Crippen LogP) is 4.08. The van der Waals surface area contributed by atoms with Crippen molar-refractivity contribution in [1.29, 1.82) is 0 Å². The molecule has 0 saturated heterocycles. The minimum absolute atomic E-state index is 0.132. The van der Waals surface area contributed by atoms with E-state index in [-0.39, 0.29) is 6.42 Å². The van der Waals surface area contributed by atoms with E-state index in [4.69, 9.17) is 14.8 Å². The van der Waals surface area contributed by atoms with Crippen molar-refractivity contribution in [3.63, 3.8) is 0 Å². The van der Waals surface area contributed by atoms with Gasteiger partial charge in [-0.25, -0.2) is 4.98 Å². The largest absolute Gasteiger partial charge is 0.481 e. The first kappa shape index (κ1) is 18.5. The van der Waals surface area contributed by atoms with Crippen molar-refractivity contribution in [1.82, 2.24) is 9.55 Å². The summed E-state index contributed by atoms with van der Waals surface area (Å²) in [7, 11) is 2.00. The molecule has 1 N–H and O–H groups in total. The second-order valence-corrected chi connectivity index (χ2v) is 6.96. The smallest absolute Gasteiger partial charge is 0.303 e. The van der Waals surface area contributed by atoms with Gasteiger partial charge in [0, 0.05) is 25.0 Å². The zero-order valence-corrected chi connectivity index (χ0v) is 15.2. The van der Waals surface area contributed by atoms with Crippen LogP contribution in [0.1, 0.15) is 44.1 Å². The van der Waals surface area contributed by atoms with Gasteiger partial charge in [0.2, 0.25) is 0 Å². The van der Waals surface area contributed by atoms with E-state index in [9.17, 15) is 4.79 Å². The Bertz CT molecular complexity index is 668. The van der Waals surface area contributed by atoms with Crippen molar-refractivity contribution in [2.24, 2.45) is 7.05 Å². The standard InChI is InChI=1S/C18H24N2O3S/c1-13(2)17-18(24-14-8-5-4-6-9-14)20(3)15(19-17)12-23-11-7-10-16(21)22/h4-6,8-9,13H,7,10-12H2,1-3H3,(H,21,22). The first-order valence-electron chi connectivity index (χ1n) is 8.07. The summed E-state index contributed by atoms with van der Waals surface area (Å²) in [6, 6.07) is 10.2. The molecule has 0 aliphatic rings. The summed E-state index contributed by atoms with van der Waals surface area (Å²) in [5, 5.41) is 9.77. The number of hydrogen-bond donors (Lipinski definition) is 1. The van der Waals surface area contributed by atoms with E-state index in [2.05, 4.69) is 30.5 Å². The second-order valence-electron chi connectivity index (χ2n) is 5.90. The molecule has 1 aromatic carbocycles. The zero-order valence-electron chi connectivity index (χ0n) is 14.4. The van der Waals surface area contributed by atoms with Crippen LogP contribution in [0.3, 0.4) is 0 Å². The molecular formula is C18H24N2O3S. The average molecular weight is 348 g/mol. The quantitative estimate of drug-likeness (QED) is 0.692. The number of nitrogens with zero attached hydrogens (tertiary/aromatic N) is 2. The van der Waals surface area contributed by atoms with E-state index in [0.29, 0.717) is 25.6 Å². The first-order valence-corrected chi connectivity index (χ1v) is 8.88. The van der Waals surface area contributed by atoms with Crippen molar-refractivity contribution in [2.75, 3.05) is 6.61 Å². The highest BCUT2D eigenvalue weighted by molar-refractivity contribution is 7.99. The average Bonchev–Trinajstić information content (AvgIpc) is 2.85. The molecule has 5 nitrogen and oxygen atoms in total. The lowest BCUT2D eigenvalue weighted by Crippen LogP contribution is -2.04. The maximum atomic E-state index is 10.5. The summed E-state index contributed by atoms with van der Waals surface area (Å²) in [6.07, 6.45) is 0.648. The topological polar surface area (TPSA) is 64.3 Å². The van der Waals surface area contributed by atoms with Crippen LogP contribution >= 0.6 is 11.8 Å². The van der Waals surface area contributed by atoms with Gasteiger partial charge in [-0.15, -0.1) is 0 Å². The fourth-order valence-electron chi connectivity index (χ4n) is 2.27. The molecule has 1 heterocycles. The number of carbonyl (C=O) groups is 1. The molecule has 0 saturated carbocycles. The molecule has 0 bridgehead atoms. The Kier molecular flexibility index (Phi) is 6.87. The van der Waals surface area contributed by atoms with Gasteiger partial charge in [-0.2, -0.15) is 0 Å². The van der Waals surface area contributed by atoms with Gasteiger partial charge in [0.1, 0.15) is 17.5 Å². The zero-order chi connectivity index (χ0) is 17.5. The Morgan fingerprint density at radius 2 is 2.04 bits per heavy atom. The number of hydrogen-bond acceptors (Lipinski definition) is 4. The van der Waals surface area contributed by atoms with Crippen LogP contribution in [0.25, 0.3) is 0 Å². The summed E-state index contributed by atoms with van der Waals surface area (Å²) in [6.45, 7) is 5.09. The van der Waals surface area contributed by atoms with Crippen LogP contribution in [0.5, 0.6) is 0 Å². The van der Waals surface area contributed by atoms with Gasteiger partial charge < -0.3 is 14.4 Å². The van der Waals surface area contributed by atoms with E-state index < -0.39 is 5.97 Å². The van der Waals surface area contributed by atoms with Gasteiger partial charge in [0.15, 0.2) is 0 Å². The number of ether oxygens (including phenoxy) is 1. The summed E-state index contributed by atoms with van der Waals surface area (Å²) in [5.74, 6) is 0.398. The third kappa shape index (κ3) is 5.11. The van der Waals surface area contributed by atoms with Gasteiger partial charge >= 0.3 is 5.97 Å². The summed E-state index contributed by atoms with van der Waals surface area (Å²) in [4.78, 5) is 16.4. The molecule has 2 rings (SSSR count). The van der Waals surface area contributed by atoms with Crippen molar-refractivity contribution < 1.29 is 14.6 Å². The molecule has 0 aliphatic carbocycles. The molecular weight excluding hydrogens is 324 g/mol. The number of carboxylic acids is 1. The molecule has 0 spiro atoms. The van der Waals surface area contributed by atoms with Crippen molar-refractivity contribution >= 4 is 17.7 Å². The molecule has 2 aromatic rings. The summed E-state index contributed by atoms with van der Waals surface area (Å²) in [5.41, 5.74) is 1.07. The lowest BCUT2D eigenvalue weighted by Gasteiger charge is -2.09. The maximum absolute atomic E-state index is 10.5. The van der Waals surface area contributed by atoms with Gasteiger partial charge in [-0.05, 0) is 24.5 Å². The lowest BCUT2D eigenvalue weighted by molar-refractivity contribution is -0.137. The molecule has 24 heavy (non-hydrogen) atoms. The van der Waals surface area contributed by atoms with Crippen LogP contribution < -0.4 is 0 Å². The summed E-state index contributed by atoms with van der Waals surface area (Å²) >= 11 is 1.70. The molecule has 130 valence electrons. The molecule has 0 radical (unpaired) electrons.